The second-order valence-electron chi connectivity index (χ2n) is 5.26. The molecule has 0 saturated heterocycles. The molecular weight excluding hydrogens is 218 g/mol. The van der Waals surface area contributed by atoms with Crippen molar-refractivity contribution in [3.05, 3.63) is 22.7 Å². The molecule has 3 atom stereocenters. The van der Waals surface area contributed by atoms with Crippen molar-refractivity contribution in [3.63, 3.8) is 0 Å². The van der Waals surface area contributed by atoms with Crippen LogP contribution in [0.2, 0.25) is 0 Å². The van der Waals surface area contributed by atoms with Gasteiger partial charge in [-0.3, -0.25) is 5.10 Å². The van der Waals surface area contributed by atoms with Crippen LogP contribution in [0.25, 0.3) is 0 Å². The Balaban J connectivity index is 2.03. The van der Waals surface area contributed by atoms with Crippen LogP contribution >= 0.6 is 12.2 Å². The summed E-state index contributed by atoms with van der Waals surface area (Å²) in [5.41, 5.74) is 0. The van der Waals surface area contributed by atoms with Gasteiger partial charge in [-0.15, -0.1) is 0 Å². The fraction of sp³-hybridized carbons (Fsp3) is 0.667. The van der Waals surface area contributed by atoms with Gasteiger partial charge in [-0.05, 0) is 36.9 Å². The highest BCUT2D eigenvalue weighted by Crippen LogP contribution is 2.46. The first-order chi connectivity index (χ1) is 7.66. The number of H-pyrrole nitrogens is 1. The van der Waals surface area contributed by atoms with Crippen molar-refractivity contribution in [1.29, 1.82) is 0 Å². The van der Waals surface area contributed by atoms with Gasteiger partial charge in [0.05, 0.1) is 0 Å². The third-order valence-corrected chi connectivity index (χ3v) is 4.11. The van der Waals surface area contributed by atoms with Crippen molar-refractivity contribution in [1.82, 2.24) is 14.8 Å². The van der Waals surface area contributed by atoms with Crippen LogP contribution < -0.4 is 0 Å². The van der Waals surface area contributed by atoms with Gasteiger partial charge in [-0.2, -0.15) is 5.10 Å². The normalized spacial score (nSPS) is 31.8. The summed E-state index contributed by atoms with van der Waals surface area (Å²) in [6.45, 7) is 4.34. The number of nitrogens with zero attached hydrogens (tertiary/aromatic N) is 2. The van der Waals surface area contributed by atoms with E-state index in [1.165, 1.54) is 12.8 Å². The molecule has 1 aromatic heterocycles. The van der Waals surface area contributed by atoms with E-state index in [0.29, 0.717) is 17.9 Å². The third kappa shape index (κ3) is 1.39. The Kier molecular flexibility index (Phi) is 2.28. The van der Waals surface area contributed by atoms with E-state index in [1.54, 1.807) is 0 Å². The van der Waals surface area contributed by atoms with Crippen LogP contribution in [-0.4, -0.2) is 14.8 Å². The summed E-state index contributed by atoms with van der Waals surface area (Å²) < 4.78 is 3.04. The fourth-order valence-electron chi connectivity index (χ4n) is 3.09. The minimum Gasteiger partial charge on any atom is -0.300 e. The average molecular weight is 235 g/mol. The lowest BCUT2D eigenvalue weighted by atomic mass is 10.0. The molecule has 2 bridgehead atoms. The average Bonchev–Trinajstić information content (AvgIpc) is 2.90. The molecule has 3 unspecified atom stereocenters. The minimum absolute atomic E-state index is 0.427. The fourth-order valence-corrected chi connectivity index (χ4v) is 3.37. The molecule has 1 heterocycles. The Morgan fingerprint density at radius 3 is 2.81 bits per heavy atom. The van der Waals surface area contributed by atoms with Crippen molar-refractivity contribution in [2.45, 2.75) is 38.6 Å². The van der Waals surface area contributed by atoms with Crippen LogP contribution in [0.15, 0.2) is 12.2 Å². The van der Waals surface area contributed by atoms with Crippen LogP contribution in [-0.2, 0) is 0 Å². The van der Waals surface area contributed by atoms with E-state index in [9.17, 15) is 0 Å². The van der Waals surface area contributed by atoms with Crippen LogP contribution in [0.3, 0.4) is 0 Å². The first kappa shape index (κ1) is 10.3. The highest BCUT2D eigenvalue weighted by atomic mass is 32.1. The minimum atomic E-state index is 0.427. The number of aromatic nitrogens is 3. The molecule has 1 aromatic rings. The predicted octanol–water partition coefficient (Wildman–Crippen LogP) is 3.20. The Bertz CT molecular complexity index is 483. The summed E-state index contributed by atoms with van der Waals surface area (Å²) in [4.78, 5) is 0. The first-order valence-corrected chi connectivity index (χ1v) is 6.42. The maximum absolute atomic E-state index is 5.37. The quantitative estimate of drug-likeness (QED) is 0.631. The molecule has 86 valence electrons. The molecule has 16 heavy (non-hydrogen) atoms. The van der Waals surface area contributed by atoms with Gasteiger partial charge < -0.3 is 4.57 Å². The van der Waals surface area contributed by atoms with Crippen molar-refractivity contribution >= 4 is 12.2 Å². The molecule has 0 spiro atoms. The zero-order chi connectivity index (χ0) is 11.3. The van der Waals surface area contributed by atoms with E-state index in [1.807, 2.05) is 0 Å². The summed E-state index contributed by atoms with van der Waals surface area (Å²) >= 11 is 5.37. The van der Waals surface area contributed by atoms with Gasteiger partial charge >= 0.3 is 0 Å². The van der Waals surface area contributed by atoms with Gasteiger partial charge in [0.25, 0.3) is 0 Å². The lowest BCUT2D eigenvalue weighted by molar-refractivity contribution is 0.409. The van der Waals surface area contributed by atoms with Gasteiger partial charge in [0.1, 0.15) is 5.82 Å². The Morgan fingerprint density at radius 2 is 2.25 bits per heavy atom. The number of aromatic amines is 1. The molecule has 2 aliphatic rings. The second-order valence-corrected chi connectivity index (χ2v) is 5.65. The summed E-state index contributed by atoms with van der Waals surface area (Å²) in [5.74, 6) is 2.98. The topological polar surface area (TPSA) is 33.6 Å². The summed E-state index contributed by atoms with van der Waals surface area (Å²) in [7, 11) is 0. The van der Waals surface area contributed by atoms with Crippen LogP contribution in [0.4, 0.5) is 0 Å². The van der Waals surface area contributed by atoms with Crippen LogP contribution in [0.1, 0.15) is 44.5 Å². The van der Waals surface area contributed by atoms with Crippen molar-refractivity contribution in [2.24, 2.45) is 11.8 Å². The van der Waals surface area contributed by atoms with Gasteiger partial charge in [0, 0.05) is 12.0 Å². The van der Waals surface area contributed by atoms with Gasteiger partial charge in [-0.25, -0.2) is 0 Å². The SMILES string of the molecule is CC(C)c1n[nH]c(=S)n1C1CC2C=CC1C2. The van der Waals surface area contributed by atoms with E-state index in [-0.39, 0.29) is 0 Å². The largest absolute Gasteiger partial charge is 0.300 e. The summed E-state index contributed by atoms with van der Waals surface area (Å²) in [5, 5.41) is 7.31. The predicted molar refractivity (Wildman–Crippen MR) is 65.9 cm³/mol. The molecule has 0 aromatic carbocycles. The van der Waals surface area contributed by atoms with Crippen LogP contribution in [0, 0.1) is 16.6 Å². The smallest absolute Gasteiger partial charge is 0.195 e. The monoisotopic (exact) mass is 235 g/mol. The highest BCUT2D eigenvalue weighted by Gasteiger charge is 2.38. The number of hydrogen-bond acceptors (Lipinski definition) is 2. The van der Waals surface area contributed by atoms with Crippen LogP contribution in [0.5, 0.6) is 0 Å². The number of hydrogen-bond donors (Lipinski definition) is 1. The highest BCUT2D eigenvalue weighted by molar-refractivity contribution is 7.71. The van der Waals surface area contributed by atoms with E-state index in [0.717, 1.165) is 16.5 Å². The Morgan fingerprint density at radius 1 is 1.44 bits per heavy atom. The molecule has 3 rings (SSSR count). The number of allylic oxidation sites excluding steroid dienone is 2. The standard InChI is InChI=1S/C12H17N3S/c1-7(2)11-13-14-12(16)15(11)10-6-8-3-4-9(10)5-8/h3-4,7-10H,5-6H2,1-2H3,(H,14,16). The molecule has 1 fully saturated rings. The molecular formula is C12H17N3S. The molecule has 0 amide bonds. The molecule has 1 N–H and O–H groups in total. The Hall–Kier alpha value is -0.900. The first-order valence-electron chi connectivity index (χ1n) is 6.02. The zero-order valence-electron chi connectivity index (χ0n) is 9.68. The zero-order valence-corrected chi connectivity index (χ0v) is 10.5. The van der Waals surface area contributed by atoms with E-state index in [4.69, 9.17) is 12.2 Å². The van der Waals surface area contributed by atoms with Crippen molar-refractivity contribution < 1.29 is 0 Å². The second kappa shape index (κ2) is 3.55. The lowest BCUT2D eigenvalue weighted by Crippen LogP contribution is -2.17. The summed E-state index contributed by atoms with van der Waals surface area (Å²) in [6.07, 6.45) is 7.25. The molecule has 1 saturated carbocycles. The molecule has 4 heteroatoms. The van der Waals surface area contributed by atoms with E-state index in [2.05, 4.69) is 40.8 Å². The maximum atomic E-state index is 5.37. The summed E-state index contributed by atoms with van der Waals surface area (Å²) in [6, 6.07) is 0.540. The molecule has 0 aliphatic heterocycles. The molecule has 2 aliphatic carbocycles. The van der Waals surface area contributed by atoms with E-state index >= 15 is 0 Å². The number of rotatable bonds is 2. The van der Waals surface area contributed by atoms with Crippen molar-refractivity contribution in [2.75, 3.05) is 0 Å². The number of nitrogens with one attached hydrogen (secondary N) is 1. The van der Waals surface area contributed by atoms with Crippen molar-refractivity contribution in [3.8, 4) is 0 Å². The van der Waals surface area contributed by atoms with Gasteiger partial charge in [-0.1, -0.05) is 26.0 Å². The van der Waals surface area contributed by atoms with Gasteiger partial charge in [0.2, 0.25) is 0 Å². The molecule has 0 radical (unpaired) electrons. The third-order valence-electron chi connectivity index (χ3n) is 3.82. The number of fused-ring (bicyclic) bond motifs is 2. The lowest BCUT2D eigenvalue weighted by Gasteiger charge is -2.22. The van der Waals surface area contributed by atoms with E-state index < -0.39 is 0 Å². The van der Waals surface area contributed by atoms with Gasteiger partial charge in [0.15, 0.2) is 4.77 Å². The molecule has 3 nitrogen and oxygen atoms in total. The Labute approximate surface area is 101 Å². The maximum Gasteiger partial charge on any atom is 0.195 e.